The van der Waals surface area contributed by atoms with E-state index in [2.05, 4.69) is 5.32 Å². The lowest BCUT2D eigenvalue weighted by Gasteiger charge is -2.25. The lowest BCUT2D eigenvalue weighted by atomic mass is 10.1. The lowest BCUT2D eigenvalue weighted by Crippen LogP contribution is -2.35. The number of benzene rings is 2. The Hall–Kier alpha value is -3.30. The van der Waals surface area contributed by atoms with Gasteiger partial charge in [-0.25, -0.2) is 13.2 Å². The molecule has 0 spiro atoms. The summed E-state index contributed by atoms with van der Waals surface area (Å²) in [6.07, 6.45) is 2.70. The van der Waals surface area contributed by atoms with Crippen molar-refractivity contribution >= 4 is 32.7 Å². The molecule has 0 aliphatic carbocycles. The fraction of sp³-hybridized carbons (Fsp3) is 0.261. The molecule has 0 atom stereocenters. The first-order valence-corrected chi connectivity index (χ1v) is 11.7. The van der Waals surface area contributed by atoms with Crippen LogP contribution in [0.2, 0.25) is 0 Å². The second kappa shape index (κ2) is 9.05. The van der Waals surface area contributed by atoms with Crippen molar-refractivity contribution in [3.05, 3.63) is 76.1 Å². The standard InChI is InChI=1S/C23H22N2O6S/c26-20(15-24-22(27)19-14-17-6-2-3-7-21(17)31-23(19)28)16-8-10-18(11-9-16)32(29,30)25-12-4-1-5-13-25/h2-3,6-11,14H,1,4-5,12-13,15H2,(H,24,27). The van der Waals surface area contributed by atoms with E-state index in [0.29, 0.717) is 24.1 Å². The molecule has 1 aromatic heterocycles. The number of hydrogen-bond acceptors (Lipinski definition) is 6. The van der Waals surface area contributed by atoms with Crippen LogP contribution in [0, 0.1) is 0 Å². The van der Waals surface area contributed by atoms with E-state index < -0.39 is 27.3 Å². The van der Waals surface area contributed by atoms with Gasteiger partial charge in [-0.3, -0.25) is 9.59 Å². The third-order valence-corrected chi connectivity index (χ3v) is 7.34. The highest BCUT2D eigenvalue weighted by atomic mass is 32.2. The van der Waals surface area contributed by atoms with Gasteiger partial charge in [0.15, 0.2) is 5.78 Å². The summed E-state index contributed by atoms with van der Waals surface area (Å²) in [7, 11) is -3.58. The zero-order chi connectivity index (χ0) is 22.7. The summed E-state index contributed by atoms with van der Waals surface area (Å²) < 4.78 is 32.0. The Labute approximate surface area is 184 Å². The van der Waals surface area contributed by atoms with E-state index in [-0.39, 0.29) is 22.6 Å². The number of piperidine rings is 1. The molecule has 0 unspecified atom stereocenters. The highest BCUT2D eigenvalue weighted by Crippen LogP contribution is 2.21. The van der Waals surface area contributed by atoms with E-state index in [9.17, 15) is 22.8 Å². The van der Waals surface area contributed by atoms with Gasteiger partial charge in [-0.2, -0.15) is 4.31 Å². The molecule has 1 fully saturated rings. The molecule has 4 rings (SSSR count). The van der Waals surface area contributed by atoms with Crippen LogP contribution in [0.3, 0.4) is 0 Å². The van der Waals surface area contributed by atoms with Crippen LogP contribution in [0.4, 0.5) is 0 Å². The van der Waals surface area contributed by atoms with E-state index in [1.807, 2.05) is 0 Å². The average Bonchev–Trinajstić information content (AvgIpc) is 2.82. The van der Waals surface area contributed by atoms with Crippen molar-refractivity contribution in [2.75, 3.05) is 19.6 Å². The van der Waals surface area contributed by atoms with Crippen LogP contribution in [0.25, 0.3) is 11.0 Å². The summed E-state index contributed by atoms with van der Waals surface area (Å²) in [5, 5.41) is 3.02. The molecule has 2 aromatic carbocycles. The van der Waals surface area contributed by atoms with Gasteiger partial charge in [0.25, 0.3) is 5.91 Å². The molecule has 1 N–H and O–H groups in total. The molecule has 1 aliphatic rings. The largest absolute Gasteiger partial charge is 0.422 e. The Bertz CT molecular complexity index is 1320. The van der Waals surface area contributed by atoms with Crippen molar-refractivity contribution in [3.8, 4) is 0 Å². The first-order valence-electron chi connectivity index (χ1n) is 10.3. The number of Topliss-reactive ketones (excluding diaryl/α,β-unsaturated/α-hetero) is 1. The molecular formula is C23H22N2O6S. The summed E-state index contributed by atoms with van der Waals surface area (Å²) in [6.45, 7) is 0.652. The van der Waals surface area contributed by atoms with Gasteiger partial charge < -0.3 is 9.73 Å². The summed E-state index contributed by atoms with van der Waals surface area (Å²) in [5.74, 6) is -1.13. The van der Waals surface area contributed by atoms with Gasteiger partial charge in [0.1, 0.15) is 11.1 Å². The number of nitrogens with one attached hydrogen (secondary N) is 1. The quantitative estimate of drug-likeness (QED) is 0.452. The monoisotopic (exact) mass is 454 g/mol. The van der Waals surface area contributed by atoms with E-state index in [1.165, 1.54) is 34.6 Å². The summed E-state index contributed by atoms with van der Waals surface area (Å²) in [6, 6.07) is 13.9. The molecule has 9 heteroatoms. The normalized spacial score (nSPS) is 14.9. The Morgan fingerprint density at radius 1 is 0.969 bits per heavy atom. The van der Waals surface area contributed by atoms with E-state index in [0.717, 1.165) is 19.3 Å². The number of carbonyl (C=O) groups is 2. The average molecular weight is 455 g/mol. The van der Waals surface area contributed by atoms with Crippen LogP contribution in [0.1, 0.15) is 40.0 Å². The SMILES string of the molecule is O=C(CNC(=O)c1cc2ccccc2oc1=O)c1ccc(S(=O)(=O)N2CCCCC2)cc1. The molecule has 166 valence electrons. The molecule has 0 saturated carbocycles. The fourth-order valence-electron chi connectivity index (χ4n) is 3.65. The van der Waals surface area contributed by atoms with Crippen molar-refractivity contribution in [2.45, 2.75) is 24.2 Å². The molecule has 3 aromatic rings. The fourth-order valence-corrected chi connectivity index (χ4v) is 5.16. The van der Waals surface area contributed by atoms with Gasteiger partial charge in [0, 0.05) is 24.0 Å². The predicted octanol–water partition coefficient (Wildman–Crippen LogP) is 2.58. The Balaban J connectivity index is 1.42. The first-order chi connectivity index (χ1) is 15.4. The Kier molecular flexibility index (Phi) is 6.20. The first kappa shape index (κ1) is 21.9. The molecule has 32 heavy (non-hydrogen) atoms. The highest BCUT2D eigenvalue weighted by Gasteiger charge is 2.26. The van der Waals surface area contributed by atoms with Gasteiger partial charge >= 0.3 is 5.63 Å². The molecule has 8 nitrogen and oxygen atoms in total. The van der Waals surface area contributed by atoms with Crippen LogP contribution < -0.4 is 10.9 Å². The zero-order valence-electron chi connectivity index (χ0n) is 17.2. The van der Waals surface area contributed by atoms with Crippen LogP contribution in [0.15, 0.2) is 68.7 Å². The summed E-state index contributed by atoms with van der Waals surface area (Å²) >= 11 is 0. The van der Waals surface area contributed by atoms with E-state index in [1.54, 1.807) is 24.3 Å². The number of ketones is 1. The zero-order valence-corrected chi connectivity index (χ0v) is 18.1. The number of para-hydroxylation sites is 1. The maximum atomic E-state index is 12.7. The third-order valence-electron chi connectivity index (χ3n) is 5.42. The lowest BCUT2D eigenvalue weighted by molar-refractivity contribution is 0.0901. The number of nitrogens with zero attached hydrogens (tertiary/aromatic N) is 1. The van der Waals surface area contributed by atoms with Crippen molar-refractivity contribution in [1.29, 1.82) is 0 Å². The molecule has 1 aliphatic heterocycles. The summed E-state index contributed by atoms with van der Waals surface area (Å²) in [4.78, 5) is 37.1. The van der Waals surface area contributed by atoms with E-state index >= 15 is 0 Å². The van der Waals surface area contributed by atoms with Crippen LogP contribution in [-0.2, 0) is 10.0 Å². The van der Waals surface area contributed by atoms with Crippen molar-refractivity contribution in [1.82, 2.24) is 9.62 Å². The smallest absolute Gasteiger partial charge is 0.349 e. The maximum absolute atomic E-state index is 12.7. The molecule has 0 radical (unpaired) electrons. The van der Waals surface area contributed by atoms with Crippen LogP contribution in [0.5, 0.6) is 0 Å². The summed E-state index contributed by atoms with van der Waals surface area (Å²) in [5.41, 5.74) is -0.362. The van der Waals surface area contributed by atoms with Gasteiger partial charge in [-0.1, -0.05) is 24.6 Å². The van der Waals surface area contributed by atoms with Crippen molar-refractivity contribution in [2.24, 2.45) is 0 Å². The van der Waals surface area contributed by atoms with Gasteiger partial charge in [0.2, 0.25) is 10.0 Å². The van der Waals surface area contributed by atoms with Crippen LogP contribution >= 0.6 is 0 Å². The second-order valence-corrected chi connectivity index (χ2v) is 9.52. The van der Waals surface area contributed by atoms with Gasteiger partial charge in [-0.05, 0) is 49.2 Å². The van der Waals surface area contributed by atoms with Crippen LogP contribution in [-0.4, -0.2) is 44.0 Å². The number of amides is 1. The molecule has 1 saturated heterocycles. The van der Waals surface area contributed by atoms with Crippen molar-refractivity contribution < 1.29 is 22.4 Å². The van der Waals surface area contributed by atoms with E-state index in [4.69, 9.17) is 4.42 Å². The number of rotatable bonds is 6. The predicted molar refractivity (Wildman–Crippen MR) is 118 cm³/mol. The number of fused-ring (bicyclic) bond motifs is 1. The van der Waals surface area contributed by atoms with Gasteiger partial charge in [0.05, 0.1) is 11.4 Å². The molecular weight excluding hydrogens is 432 g/mol. The number of carbonyl (C=O) groups excluding carboxylic acids is 2. The minimum Gasteiger partial charge on any atom is -0.422 e. The second-order valence-electron chi connectivity index (χ2n) is 7.58. The Morgan fingerprint density at radius 3 is 2.38 bits per heavy atom. The number of hydrogen-bond donors (Lipinski definition) is 1. The molecule has 1 amide bonds. The maximum Gasteiger partial charge on any atom is 0.349 e. The molecule has 0 bridgehead atoms. The Morgan fingerprint density at radius 2 is 1.66 bits per heavy atom. The molecule has 2 heterocycles. The van der Waals surface area contributed by atoms with Gasteiger partial charge in [-0.15, -0.1) is 0 Å². The topological polar surface area (TPSA) is 114 Å². The number of sulfonamides is 1. The van der Waals surface area contributed by atoms with Crippen molar-refractivity contribution in [3.63, 3.8) is 0 Å². The minimum absolute atomic E-state index is 0.133. The highest BCUT2D eigenvalue weighted by molar-refractivity contribution is 7.89. The third kappa shape index (κ3) is 4.49. The minimum atomic E-state index is -3.58.